The number of oxazole rings is 1. The van der Waals surface area contributed by atoms with Crippen LogP contribution in [0.1, 0.15) is 11.8 Å². The van der Waals surface area contributed by atoms with E-state index in [0.717, 1.165) is 20.2 Å². The van der Waals surface area contributed by atoms with Crippen molar-refractivity contribution < 1.29 is 24.5 Å². The molecule has 5 rings (SSSR count). The van der Waals surface area contributed by atoms with E-state index in [2.05, 4.69) is 53.2 Å². The summed E-state index contributed by atoms with van der Waals surface area (Å²) < 4.78 is 14.0. The van der Waals surface area contributed by atoms with Gasteiger partial charge in [0.25, 0.3) is 6.01 Å². The average Bonchev–Trinajstić information content (AvgIpc) is 3.54. The molecule has 5 atom stereocenters. The van der Waals surface area contributed by atoms with Crippen molar-refractivity contribution in [3.05, 3.63) is 33.9 Å². The molecule has 13 nitrogen and oxygen atoms in total. The van der Waals surface area contributed by atoms with Crippen LogP contribution in [0.15, 0.2) is 29.2 Å². The molecule has 4 aromatic rings. The summed E-state index contributed by atoms with van der Waals surface area (Å²) in [7, 11) is 5.28. The van der Waals surface area contributed by atoms with Gasteiger partial charge in [-0.3, -0.25) is 9.88 Å². The van der Waals surface area contributed by atoms with Crippen LogP contribution in [0.3, 0.4) is 0 Å². The fourth-order valence-electron chi connectivity index (χ4n) is 4.02. The topological polar surface area (TPSA) is 167 Å². The number of fused-ring (bicyclic) bond motifs is 2. The Labute approximate surface area is 213 Å². The molecule has 0 saturated carbocycles. The number of likely N-dealkylation sites (N-methyl/N-ethyl adjacent to an activating group) is 1. The summed E-state index contributed by atoms with van der Waals surface area (Å²) in [5.74, 6) is 0.498. The Morgan fingerprint density at radius 3 is 2.74 bits per heavy atom. The Morgan fingerprint density at radius 1 is 1.20 bits per heavy atom. The first kappa shape index (κ1) is 24.1. The lowest BCUT2D eigenvalue weighted by Crippen LogP contribution is -2.45. The Kier molecular flexibility index (Phi) is 6.49. The number of hydrogen-bond donors (Lipinski definition) is 5. The number of aromatic nitrogens is 5. The molecule has 5 N–H and O–H groups in total. The van der Waals surface area contributed by atoms with E-state index in [0.29, 0.717) is 29.5 Å². The van der Waals surface area contributed by atoms with Crippen molar-refractivity contribution in [3.63, 3.8) is 0 Å². The Balaban J connectivity index is 1.39. The van der Waals surface area contributed by atoms with Gasteiger partial charge in [0.1, 0.15) is 36.4 Å². The van der Waals surface area contributed by atoms with E-state index in [1.54, 1.807) is 0 Å². The molecule has 35 heavy (non-hydrogen) atoms. The van der Waals surface area contributed by atoms with Gasteiger partial charge < -0.3 is 34.7 Å². The zero-order chi connectivity index (χ0) is 24.9. The highest BCUT2D eigenvalue weighted by Gasteiger charge is 2.47. The van der Waals surface area contributed by atoms with E-state index in [9.17, 15) is 15.3 Å². The molecule has 0 bridgehead atoms. The van der Waals surface area contributed by atoms with Crippen molar-refractivity contribution in [2.24, 2.45) is 0 Å². The summed E-state index contributed by atoms with van der Waals surface area (Å²) >= 11 is 2.22. The minimum absolute atomic E-state index is 0.413. The average molecular weight is 596 g/mol. The quantitative estimate of drug-likeness (QED) is 0.148. The molecule has 1 aliphatic heterocycles. The third kappa shape index (κ3) is 4.30. The fourth-order valence-corrected chi connectivity index (χ4v) is 4.81. The van der Waals surface area contributed by atoms with Crippen molar-refractivity contribution in [2.75, 3.05) is 31.4 Å². The largest absolute Gasteiger partial charge is 0.422 e. The van der Waals surface area contributed by atoms with Gasteiger partial charge in [-0.25, -0.2) is 15.0 Å². The molecule has 14 heteroatoms. The van der Waals surface area contributed by atoms with Crippen molar-refractivity contribution in [1.82, 2.24) is 29.8 Å². The number of hydrogen-bond acceptors (Lipinski definition) is 12. The molecule has 0 radical (unpaired) electrons. The Morgan fingerprint density at radius 2 is 2.00 bits per heavy atom. The van der Waals surface area contributed by atoms with E-state index in [-0.39, 0.29) is 0 Å². The standard InChI is InChI=1S/C21H25IN8O5/c1-23-19(33)16-13(31)14(32)20(34-16)30-8-27-12-17(25-7-26-18(12)30)24-6-9-4-10(22)15-11(5-9)28-21(35-15)29(2)3/h4-5,7-8,13-14,16,19-20,23,31-33H,6H2,1-3H3,(H,24,25,26)/t13-,14+,16-,19?,20+/m0/s1. The number of aliphatic hydroxyl groups is 3. The molecule has 0 aliphatic carbocycles. The van der Waals surface area contributed by atoms with Gasteiger partial charge in [-0.2, -0.15) is 4.98 Å². The second kappa shape index (κ2) is 9.44. The van der Waals surface area contributed by atoms with E-state index < -0.39 is 30.8 Å². The molecule has 0 spiro atoms. The molecular weight excluding hydrogens is 571 g/mol. The van der Waals surface area contributed by atoms with Crippen molar-refractivity contribution in [3.8, 4) is 0 Å². The summed E-state index contributed by atoms with van der Waals surface area (Å²) in [6.45, 7) is 0.451. The number of nitrogens with one attached hydrogen (secondary N) is 2. The minimum Gasteiger partial charge on any atom is -0.422 e. The van der Waals surface area contributed by atoms with E-state index in [4.69, 9.17) is 9.15 Å². The summed E-state index contributed by atoms with van der Waals surface area (Å²) in [6.07, 6.45) is -2.87. The number of rotatable bonds is 7. The van der Waals surface area contributed by atoms with E-state index in [1.807, 2.05) is 31.1 Å². The molecule has 1 unspecified atom stereocenters. The highest BCUT2D eigenvalue weighted by molar-refractivity contribution is 14.1. The smallest absolute Gasteiger partial charge is 0.297 e. The van der Waals surface area contributed by atoms with Gasteiger partial charge in [0.2, 0.25) is 0 Å². The predicted octanol–water partition coefficient (Wildman–Crippen LogP) is 0.407. The molecule has 1 aliphatic rings. The van der Waals surface area contributed by atoms with Crippen LogP contribution in [0.5, 0.6) is 0 Å². The first-order valence-corrected chi connectivity index (χ1v) is 11.9. The minimum atomic E-state index is -1.29. The number of anilines is 2. The van der Waals surface area contributed by atoms with Gasteiger partial charge in [-0.1, -0.05) is 0 Å². The zero-order valence-electron chi connectivity index (χ0n) is 19.1. The molecule has 1 saturated heterocycles. The lowest BCUT2D eigenvalue weighted by Gasteiger charge is -2.20. The molecule has 4 heterocycles. The number of nitrogens with zero attached hydrogens (tertiary/aromatic N) is 6. The zero-order valence-corrected chi connectivity index (χ0v) is 21.3. The van der Waals surface area contributed by atoms with Crippen molar-refractivity contribution in [2.45, 2.75) is 37.3 Å². The van der Waals surface area contributed by atoms with Crippen molar-refractivity contribution >= 4 is 56.7 Å². The van der Waals surface area contributed by atoms with Gasteiger partial charge in [0.15, 0.2) is 28.8 Å². The van der Waals surface area contributed by atoms with Crippen LogP contribution in [0.2, 0.25) is 0 Å². The first-order chi connectivity index (χ1) is 16.8. The highest BCUT2D eigenvalue weighted by atomic mass is 127. The molecule has 1 aromatic carbocycles. The second-order valence-corrected chi connectivity index (χ2v) is 9.58. The molecule has 186 valence electrons. The monoisotopic (exact) mass is 596 g/mol. The Hall–Kier alpha value is -2.63. The van der Waals surface area contributed by atoms with Crippen molar-refractivity contribution in [1.29, 1.82) is 0 Å². The predicted molar refractivity (Wildman–Crippen MR) is 135 cm³/mol. The first-order valence-electron chi connectivity index (χ1n) is 10.8. The van der Waals surface area contributed by atoms with Gasteiger partial charge in [0.05, 0.1) is 9.90 Å². The molecular formula is C21H25IN8O5. The van der Waals surface area contributed by atoms with Crippen LogP contribution >= 0.6 is 22.6 Å². The van der Waals surface area contributed by atoms with E-state index in [1.165, 1.54) is 24.3 Å². The van der Waals surface area contributed by atoms with Crippen LogP contribution in [-0.4, -0.2) is 85.5 Å². The molecule has 1 fully saturated rings. The summed E-state index contributed by atoms with van der Waals surface area (Å²) in [6, 6.07) is 4.50. The number of ether oxygens (including phenoxy) is 1. The van der Waals surface area contributed by atoms with Crippen LogP contribution in [0, 0.1) is 3.57 Å². The molecule has 0 amide bonds. The maximum atomic E-state index is 10.5. The third-order valence-corrected chi connectivity index (χ3v) is 6.65. The number of imidazole rings is 1. The van der Waals surface area contributed by atoms with Crippen LogP contribution < -0.4 is 15.5 Å². The summed E-state index contributed by atoms with van der Waals surface area (Å²) in [5.41, 5.74) is 3.37. The molecule has 3 aromatic heterocycles. The summed E-state index contributed by atoms with van der Waals surface area (Å²) in [5, 5.41) is 36.8. The number of aliphatic hydroxyl groups excluding tert-OH is 3. The maximum absolute atomic E-state index is 10.5. The van der Waals surface area contributed by atoms with Gasteiger partial charge >= 0.3 is 0 Å². The SMILES string of the molecule is CNC(O)[C@H]1O[C@@H](n2cnc3c(NCc4cc(I)c5oc(N(C)C)nc5c4)ncnc32)[C@H](O)[C@@H]1O. The van der Waals surface area contributed by atoms with Crippen LogP contribution in [-0.2, 0) is 11.3 Å². The van der Waals surface area contributed by atoms with Gasteiger partial charge in [-0.05, 0) is 47.3 Å². The lowest BCUT2D eigenvalue weighted by atomic mass is 10.1. The summed E-state index contributed by atoms with van der Waals surface area (Å²) in [4.78, 5) is 19.4. The number of benzene rings is 1. The maximum Gasteiger partial charge on any atom is 0.297 e. The lowest BCUT2D eigenvalue weighted by molar-refractivity contribution is -0.0911. The third-order valence-electron chi connectivity index (χ3n) is 5.85. The highest BCUT2D eigenvalue weighted by Crippen LogP contribution is 2.33. The fraction of sp³-hybridized carbons (Fsp3) is 0.429. The second-order valence-electron chi connectivity index (χ2n) is 8.42. The van der Waals surface area contributed by atoms with E-state index >= 15 is 0 Å². The van der Waals surface area contributed by atoms with Gasteiger partial charge in [-0.15, -0.1) is 0 Å². The van der Waals surface area contributed by atoms with Crippen LogP contribution in [0.4, 0.5) is 11.8 Å². The van der Waals surface area contributed by atoms with Gasteiger partial charge in [0, 0.05) is 20.6 Å². The Bertz CT molecular complexity index is 1360. The normalized spacial score (nSPS) is 23.3. The number of halogens is 1. The van der Waals surface area contributed by atoms with Crippen LogP contribution in [0.25, 0.3) is 22.3 Å².